The summed E-state index contributed by atoms with van der Waals surface area (Å²) in [5.74, 6) is 0.794. The number of rotatable bonds is 7. The Morgan fingerprint density at radius 2 is 1.62 bits per heavy atom. The molecule has 8 nitrogen and oxygen atoms in total. The average molecular weight is 636 g/mol. The molecule has 2 unspecified atom stereocenters. The van der Waals surface area contributed by atoms with E-state index in [1.54, 1.807) is 34.9 Å². The number of nitrogens with zero attached hydrogens (tertiary/aromatic N) is 4. The monoisotopic (exact) mass is 634 g/mol. The molecule has 0 saturated carbocycles. The zero-order valence-corrected chi connectivity index (χ0v) is 26.3. The Balaban J connectivity index is 1.15. The molecule has 3 fully saturated rings. The Bertz CT molecular complexity index is 1320. The molecule has 0 bridgehead atoms. The molecule has 3 aliphatic rings. The zero-order valence-electron chi connectivity index (χ0n) is 24.0. The molecule has 2 aromatic carbocycles. The zero-order chi connectivity index (χ0) is 30.0. The van der Waals surface area contributed by atoms with Gasteiger partial charge in [-0.25, -0.2) is 4.79 Å². The summed E-state index contributed by atoms with van der Waals surface area (Å²) < 4.78 is 5.91. The van der Waals surface area contributed by atoms with Gasteiger partial charge < -0.3 is 19.4 Å². The number of aryl methyl sites for hydroxylation is 1. The van der Waals surface area contributed by atoms with Crippen LogP contribution in [0.25, 0.3) is 0 Å². The maximum Gasteiger partial charge on any atom is 0.414 e. The van der Waals surface area contributed by atoms with E-state index < -0.39 is 0 Å². The lowest BCUT2D eigenvalue weighted by molar-refractivity contribution is -0.130. The number of ether oxygens (including phenoxy) is 1. The van der Waals surface area contributed by atoms with E-state index in [-0.39, 0.29) is 24.0 Å². The molecule has 3 aliphatic heterocycles. The number of hydrogen-bond donors (Lipinski definition) is 0. The van der Waals surface area contributed by atoms with Gasteiger partial charge in [-0.1, -0.05) is 46.9 Å². The average Bonchev–Trinajstić information content (AvgIpc) is 3.53. The smallest absolute Gasteiger partial charge is 0.414 e. The quantitative estimate of drug-likeness (QED) is 0.373. The van der Waals surface area contributed by atoms with E-state index in [1.165, 1.54) is 0 Å². The number of likely N-dealkylation sites (tertiary alicyclic amines) is 3. The van der Waals surface area contributed by atoms with E-state index in [4.69, 9.17) is 39.5 Å². The van der Waals surface area contributed by atoms with Crippen LogP contribution in [0.3, 0.4) is 0 Å². The van der Waals surface area contributed by atoms with Crippen molar-refractivity contribution in [3.05, 3.63) is 62.6 Å². The molecule has 0 spiro atoms. The molecule has 0 N–H and O–H groups in total. The van der Waals surface area contributed by atoms with Gasteiger partial charge in [-0.3, -0.25) is 14.5 Å². The first-order valence-corrected chi connectivity index (χ1v) is 15.7. The van der Waals surface area contributed by atoms with Crippen LogP contribution in [0.2, 0.25) is 15.1 Å². The van der Waals surface area contributed by atoms with E-state index in [9.17, 15) is 14.4 Å². The van der Waals surface area contributed by atoms with Crippen LogP contribution in [0.1, 0.15) is 42.1 Å². The predicted octanol–water partition coefficient (Wildman–Crippen LogP) is 6.00. The highest BCUT2D eigenvalue weighted by Gasteiger charge is 2.42. The topological polar surface area (TPSA) is 73.4 Å². The van der Waals surface area contributed by atoms with Gasteiger partial charge in [0.05, 0.1) is 15.6 Å². The number of hydrogen-bond acceptors (Lipinski definition) is 5. The number of carbonyl (C=O) groups is 3. The first-order valence-electron chi connectivity index (χ1n) is 14.6. The second-order valence-corrected chi connectivity index (χ2v) is 12.8. The third-order valence-electron chi connectivity index (χ3n) is 8.73. The van der Waals surface area contributed by atoms with E-state index in [0.29, 0.717) is 83.7 Å². The number of amides is 3. The van der Waals surface area contributed by atoms with Gasteiger partial charge in [0, 0.05) is 76.3 Å². The number of fused-ring (bicyclic) bond motifs is 1. The summed E-state index contributed by atoms with van der Waals surface area (Å²) >= 11 is 18.8. The molecule has 5 rings (SSSR count). The fraction of sp³-hybridized carbons (Fsp3) is 0.516. The SMILES string of the molecule is CC(=O)N1CCC(OC(=O)N(CCCN2CC3CN(C(=O)c4cccc(Cl)c4Cl)CC3C2)c2ccc(C)c(Cl)c2)CC1. The Kier molecular flexibility index (Phi) is 9.88. The summed E-state index contributed by atoms with van der Waals surface area (Å²) in [4.78, 5) is 45.9. The molecule has 0 radical (unpaired) electrons. The second-order valence-electron chi connectivity index (χ2n) is 11.6. The minimum absolute atomic E-state index is 0.0477. The van der Waals surface area contributed by atoms with Crippen molar-refractivity contribution in [2.75, 3.05) is 57.3 Å². The molecule has 3 amide bonds. The molecule has 42 heavy (non-hydrogen) atoms. The van der Waals surface area contributed by atoms with Crippen LogP contribution >= 0.6 is 34.8 Å². The van der Waals surface area contributed by atoms with Crippen molar-refractivity contribution in [1.82, 2.24) is 14.7 Å². The van der Waals surface area contributed by atoms with Crippen molar-refractivity contribution in [1.29, 1.82) is 0 Å². The normalized spacial score (nSPS) is 21.0. The van der Waals surface area contributed by atoms with Crippen molar-refractivity contribution >= 4 is 58.4 Å². The van der Waals surface area contributed by atoms with Gasteiger partial charge >= 0.3 is 6.09 Å². The molecule has 3 heterocycles. The second kappa shape index (κ2) is 13.4. The number of piperidine rings is 1. The Hall–Kier alpha value is -2.52. The van der Waals surface area contributed by atoms with Crippen LogP contribution in [0, 0.1) is 18.8 Å². The highest BCUT2D eigenvalue weighted by atomic mass is 35.5. The van der Waals surface area contributed by atoms with Crippen molar-refractivity contribution in [2.24, 2.45) is 11.8 Å². The summed E-state index contributed by atoms with van der Waals surface area (Å²) in [5.41, 5.74) is 2.11. The van der Waals surface area contributed by atoms with Crippen molar-refractivity contribution in [3.8, 4) is 0 Å². The largest absolute Gasteiger partial charge is 0.446 e. The summed E-state index contributed by atoms with van der Waals surface area (Å²) in [7, 11) is 0. The molecule has 0 aromatic heterocycles. The van der Waals surface area contributed by atoms with E-state index in [1.807, 2.05) is 30.0 Å². The minimum atomic E-state index is -0.386. The van der Waals surface area contributed by atoms with Gasteiger partial charge in [0.2, 0.25) is 5.91 Å². The lowest BCUT2D eigenvalue weighted by Gasteiger charge is -2.32. The standard InChI is InChI=1S/C31H37Cl3N4O4/c1-20-7-8-24(15-28(20)33)38(31(41)42-25-9-13-36(14-10-25)21(2)39)12-4-11-35-16-22-18-37(19-23(22)17-35)30(40)26-5-3-6-27(32)29(26)34/h3,5-8,15,22-23,25H,4,9-14,16-19H2,1-2H3. The molecule has 11 heteroatoms. The highest BCUT2D eigenvalue weighted by Crippen LogP contribution is 2.34. The Labute approximate surface area is 262 Å². The van der Waals surface area contributed by atoms with Crippen LogP contribution in [-0.4, -0.2) is 91.1 Å². The van der Waals surface area contributed by atoms with Gasteiger partial charge in [0.15, 0.2) is 0 Å². The van der Waals surface area contributed by atoms with Crippen LogP contribution < -0.4 is 4.90 Å². The lowest BCUT2D eigenvalue weighted by Crippen LogP contribution is -2.43. The summed E-state index contributed by atoms with van der Waals surface area (Å²) in [6, 6.07) is 10.8. The summed E-state index contributed by atoms with van der Waals surface area (Å²) in [6.07, 6.45) is 1.43. The Morgan fingerprint density at radius 1 is 0.929 bits per heavy atom. The highest BCUT2D eigenvalue weighted by molar-refractivity contribution is 6.43. The number of anilines is 1. The van der Waals surface area contributed by atoms with Gasteiger partial charge in [0.1, 0.15) is 6.10 Å². The number of halogens is 3. The van der Waals surface area contributed by atoms with Crippen LogP contribution in [0.4, 0.5) is 10.5 Å². The molecule has 3 saturated heterocycles. The first kappa shape index (κ1) is 30.9. The summed E-state index contributed by atoms with van der Waals surface area (Å²) in [6.45, 7) is 9.23. The molecule has 0 aliphatic carbocycles. The van der Waals surface area contributed by atoms with Gasteiger partial charge in [-0.2, -0.15) is 0 Å². The fourth-order valence-electron chi connectivity index (χ4n) is 6.30. The first-order chi connectivity index (χ1) is 20.1. The van der Waals surface area contributed by atoms with Gasteiger partial charge in [-0.15, -0.1) is 0 Å². The third kappa shape index (κ3) is 6.99. The van der Waals surface area contributed by atoms with E-state index in [2.05, 4.69) is 4.90 Å². The maximum absolute atomic E-state index is 13.4. The molecule has 2 atom stereocenters. The van der Waals surface area contributed by atoms with Crippen molar-refractivity contribution in [2.45, 2.75) is 39.2 Å². The van der Waals surface area contributed by atoms with E-state index in [0.717, 1.165) is 31.6 Å². The fourth-order valence-corrected chi connectivity index (χ4v) is 6.86. The minimum Gasteiger partial charge on any atom is -0.446 e. The molecule has 226 valence electrons. The van der Waals surface area contributed by atoms with Crippen molar-refractivity contribution < 1.29 is 19.1 Å². The molecular weight excluding hydrogens is 599 g/mol. The van der Waals surface area contributed by atoms with Crippen LogP contribution in [0.5, 0.6) is 0 Å². The van der Waals surface area contributed by atoms with Gasteiger partial charge in [0.25, 0.3) is 5.91 Å². The van der Waals surface area contributed by atoms with Gasteiger partial charge in [-0.05, 0) is 61.6 Å². The van der Waals surface area contributed by atoms with Crippen molar-refractivity contribution in [3.63, 3.8) is 0 Å². The number of carbonyl (C=O) groups excluding carboxylic acids is 3. The van der Waals surface area contributed by atoms with E-state index >= 15 is 0 Å². The van der Waals surface area contributed by atoms with Crippen LogP contribution in [-0.2, 0) is 9.53 Å². The third-order valence-corrected chi connectivity index (χ3v) is 9.96. The maximum atomic E-state index is 13.4. The predicted molar refractivity (Wildman–Crippen MR) is 166 cm³/mol. The lowest BCUT2D eigenvalue weighted by atomic mass is 10.0. The number of benzene rings is 2. The molecular formula is C31H37Cl3N4O4. The summed E-state index contributed by atoms with van der Waals surface area (Å²) in [5, 5.41) is 1.30. The van der Waals surface area contributed by atoms with Crippen LogP contribution in [0.15, 0.2) is 36.4 Å². The Morgan fingerprint density at radius 3 is 2.26 bits per heavy atom. The molecule has 2 aromatic rings.